The first-order chi connectivity index (χ1) is 5.91. The Morgan fingerprint density at radius 2 is 1.75 bits per heavy atom. The van der Waals surface area contributed by atoms with Crippen molar-refractivity contribution in [3.8, 4) is 12.3 Å². The van der Waals surface area contributed by atoms with Gasteiger partial charge >= 0.3 is 0 Å². The maximum Gasteiger partial charge on any atom is 0.107 e. The maximum absolute atomic E-state index is 8.37. The quantitative estimate of drug-likeness (QED) is 0.426. The van der Waals surface area contributed by atoms with E-state index in [1.165, 1.54) is 0 Å². The van der Waals surface area contributed by atoms with Gasteiger partial charge < -0.3 is 14.6 Å². The van der Waals surface area contributed by atoms with Crippen molar-refractivity contribution in [2.24, 2.45) is 0 Å². The molecule has 0 saturated heterocycles. The molecule has 0 aromatic heterocycles. The van der Waals surface area contributed by atoms with E-state index in [-0.39, 0.29) is 6.61 Å². The Hall–Kier alpha value is -0.560. The summed E-state index contributed by atoms with van der Waals surface area (Å²) >= 11 is 0. The predicted molar refractivity (Wildman–Crippen MR) is 46.8 cm³/mol. The molecule has 0 fully saturated rings. The molecule has 0 atom stereocenters. The van der Waals surface area contributed by atoms with E-state index >= 15 is 0 Å². The van der Waals surface area contributed by atoms with Crippen molar-refractivity contribution in [2.45, 2.75) is 12.8 Å². The first-order valence-electron chi connectivity index (χ1n) is 4.11. The second kappa shape index (κ2) is 10.4. The number of hydrogen-bond donors (Lipinski definition) is 1. The van der Waals surface area contributed by atoms with E-state index < -0.39 is 0 Å². The molecular weight excluding hydrogens is 156 g/mol. The zero-order valence-electron chi connectivity index (χ0n) is 7.29. The van der Waals surface area contributed by atoms with Crippen molar-refractivity contribution in [1.82, 2.24) is 0 Å². The molecule has 1 N–H and O–H groups in total. The minimum absolute atomic E-state index is 0.0909. The molecule has 3 nitrogen and oxygen atoms in total. The van der Waals surface area contributed by atoms with Crippen LogP contribution in [0.25, 0.3) is 0 Å². The molecule has 0 radical (unpaired) electrons. The van der Waals surface area contributed by atoms with Crippen molar-refractivity contribution in [2.75, 3.05) is 33.0 Å². The monoisotopic (exact) mass is 172 g/mol. The number of hydrogen-bond acceptors (Lipinski definition) is 3. The van der Waals surface area contributed by atoms with Gasteiger partial charge in [-0.25, -0.2) is 0 Å². The summed E-state index contributed by atoms with van der Waals surface area (Å²) in [7, 11) is 0. The maximum atomic E-state index is 8.37. The first kappa shape index (κ1) is 11.4. The average molecular weight is 172 g/mol. The molecule has 0 aliphatic rings. The van der Waals surface area contributed by atoms with Gasteiger partial charge in [0, 0.05) is 13.2 Å². The smallest absolute Gasteiger partial charge is 0.107 e. The summed E-state index contributed by atoms with van der Waals surface area (Å²) in [5, 5.41) is 8.37. The Morgan fingerprint density at radius 3 is 2.33 bits per heavy atom. The number of rotatable bonds is 8. The molecule has 0 unspecified atom stereocenters. The molecule has 0 amide bonds. The van der Waals surface area contributed by atoms with Crippen LogP contribution in [0.4, 0.5) is 0 Å². The number of unbranched alkanes of at least 4 members (excludes halogenated alkanes) is 1. The van der Waals surface area contributed by atoms with E-state index in [4.69, 9.17) is 21.0 Å². The van der Waals surface area contributed by atoms with Crippen molar-refractivity contribution < 1.29 is 14.6 Å². The molecule has 0 aromatic carbocycles. The SMILES string of the molecule is C#CCOCCCCOCCO. The lowest BCUT2D eigenvalue weighted by atomic mass is 10.3. The number of aliphatic hydroxyl groups is 1. The Bertz CT molecular complexity index is 117. The Morgan fingerprint density at radius 1 is 1.08 bits per heavy atom. The molecular formula is C9H16O3. The summed E-state index contributed by atoms with van der Waals surface area (Å²) in [6.45, 7) is 2.27. The third-order valence-electron chi connectivity index (χ3n) is 1.25. The predicted octanol–water partition coefficient (Wildman–Crippen LogP) is 0.425. The van der Waals surface area contributed by atoms with Gasteiger partial charge in [-0.3, -0.25) is 0 Å². The van der Waals surface area contributed by atoms with Crippen LogP contribution in [0.1, 0.15) is 12.8 Å². The highest BCUT2D eigenvalue weighted by Crippen LogP contribution is 1.90. The van der Waals surface area contributed by atoms with Crippen molar-refractivity contribution in [3.63, 3.8) is 0 Å². The van der Waals surface area contributed by atoms with Gasteiger partial charge in [-0.2, -0.15) is 0 Å². The standard InChI is InChI=1S/C9H16O3/c1-2-6-11-7-3-4-8-12-9-5-10/h1,10H,3-9H2. The molecule has 0 rings (SSSR count). The van der Waals surface area contributed by atoms with Crippen LogP contribution in [0, 0.1) is 12.3 Å². The van der Waals surface area contributed by atoms with Crippen LogP contribution in [-0.2, 0) is 9.47 Å². The zero-order chi connectivity index (χ0) is 9.07. The molecule has 12 heavy (non-hydrogen) atoms. The lowest BCUT2D eigenvalue weighted by molar-refractivity contribution is 0.0829. The van der Waals surface area contributed by atoms with Crippen LogP contribution in [0.3, 0.4) is 0 Å². The summed E-state index contributed by atoms with van der Waals surface area (Å²) in [6.07, 6.45) is 6.88. The fraction of sp³-hybridized carbons (Fsp3) is 0.778. The highest BCUT2D eigenvalue weighted by molar-refractivity contribution is 4.82. The van der Waals surface area contributed by atoms with Crippen LogP contribution in [0.15, 0.2) is 0 Å². The van der Waals surface area contributed by atoms with Gasteiger partial charge in [0.2, 0.25) is 0 Å². The van der Waals surface area contributed by atoms with Gasteiger partial charge in [0.25, 0.3) is 0 Å². The highest BCUT2D eigenvalue weighted by atomic mass is 16.5. The minimum Gasteiger partial charge on any atom is -0.394 e. The Balaban J connectivity index is 2.78. The molecule has 3 heteroatoms. The largest absolute Gasteiger partial charge is 0.394 e. The Labute approximate surface area is 73.7 Å². The average Bonchev–Trinajstić information content (AvgIpc) is 2.10. The first-order valence-corrected chi connectivity index (χ1v) is 4.11. The van der Waals surface area contributed by atoms with Gasteiger partial charge in [0.05, 0.1) is 13.2 Å². The molecule has 0 aliphatic heterocycles. The van der Waals surface area contributed by atoms with E-state index in [1.807, 2.05) is 0 Å². The number of terminal acetylenes is 1. The lowest BCUT2D eigenvalue weighted by Gasteiger charge is -2.01. The molecule has 0 heterocycles. The topological polar surface area (TPSA) is 38.7 Å². The van der Waals surface area contributed by atoms with Crippen molar-refractivity contribution in [1.29, 1.82) is 0 Å². The van der Waals surface area contributed by atoms with Crippen LogP contribution in [0.5, 0.6) is 0 Å². The second-order valence-corrected chi connectivity index (χ2v) is 2.30. The molecule has 0 aromatic rings. The summed E-state index contributed by atoms with van der Waals surface area (Å²) in [5.41, 5.74) is 0. The van der Waals surface area contributed by atoms with Gasteiger partial charge in [-0.1, -0.05) is 5.92 Å². The normalized spacial score (nSPS) is 9.67. The van der Waals surface area contributed by atoms with E-state index in [1.54, 1.807) is 0 Å². The second-order valence-electron chi connectivity index (χ2n) is 2.30. The Kier molecular flexibility index (Phi) is 9.95. The van der Waals surface area contributed by atoms with E-state index in [0.29, 0.717) is 26.4 Å². The van der Waals surface area contributed by atoms with E-state index in [2.05, 4.69) is 5.92 Å². The third kappa shape index (κ3) is 9.44. The zero-order valence-corrected chi connectivity index (χ0v) is 7.29. The molecule has 70 valence electrons. The van der Waals surface area contributed by atoms with E-state index in [0.717, 1.165) is 12.8 Å². The van der Waals surface area contributed by atoms with Crippen LogP contribution >= 0.6 is 0 Å². The van der Waals surface area contributed by atoms with Crippen LogP contribution in [0.2, 0.25) is 0 Å². The van der Waals surface area contributed by atoms with Gasteiger partial charge in [-0.05, 0) is 12.8 Å². The fourth-order valence-corrected chi connectivity index (χ4v) is 0.706. The molecule has 0 bridgehead atoms. The highest BCUT2D eigenvalue weighted by Gasteiger charge is 1.89. The van der Waals surface area contributed by atoms with Crippen LogP contribution < -0.4 is 0 Å². The minimum atomic E-state index is 0.0909. The van der Waals surface area contributed by atoms with Crippen molar-refractivity contribution >= 4 is 0 Å². The molecule has 0 aliphatic carbocycles. The summed E-state index contributed by atoms with van der Waals surface area (Å²) in [4.78, 5) is 0. The van der Waals surface area contributed by atoms with Crippen LogP contribution in [-0.4, -0.2) is 38.1 Å². The van der Waals surface area contributed by atoms with Gasteiger partial charge in [0.1, 0.15) is 6.61 Å². The van der Waals surface area contributed by atoms with E-state index in [9.17, 15) is 0 Å². The molecule has 0 spiro atoms. The summed E-state index contributed by atoms with van der Waals surface area (Å²) in [5.74, 6) is 2.39. The summed E-state index contributed by atoms with van der Waals surface area (Å²) < 4.78 is 10.1. The van der Waals surface area contributed by atoms with Crippen molar-refractivity contribution in [3.05, 3.63) is 0 Å². The molecule has 0 saturated carbocycles. The lowest BCUT2D eigenvalue weighted by Crippen LogP contribution is -2.02. The number of ether oxygens (including phenoxy) is 2. The van der Waals surface area contributed by atoms with Gasteiger partial charge in [0.15, 0.2) is 0 Å². The third-order valence-corrected chi connectivity index (χ3v) is 1.25. The summed E-state index contributed by atoms with van der Waals surface area (Å²) in [6, 6.07) is 0. The van der Waals surface area contributed by atoms with Gasteiger partial charge in [-0.15, -0.1) is 6.42 Å². The fourth-order valence-electron chi connectivity index (χ4n) is 0.706. The number of aliphatic hydroxyl groups excluding tert-OH is 1.